The number of hydrazone groups is 1. The highest BCUT2D eigenvalue weighted by Crippen LogP contribution is 2.58. The standard InChI is InChI=1S/C24H21ClN2O2/c1-29-22-13-12-20(25)14-17(22)16-26-27-23(28)21-15-24(21,18-8-4-2-5-9-18)19-10-6-3-7-11-19/h2-14,16,21H,15H2,1H3,(H,27,28). The first-order chi connectivity index (χ1) is 14.1. The number of nitrogens with one attached hydrogen (secondary N) is 1. The van der Waals surface area contributed by atoms with Gasteiger partial charge in [0.15, 0.2) is 0 Å². The summed E-state index contributed by atoms with van der Waals surface area (Å²) >= 11 is 6.04. The van der Waals surface area contributed by atoms with E-state index in [0.29, 0.717) is 16.3 Å². The first-order valence-corrected chi connectivity index (χ1v) is 9.80. The van der Waals surface area contributed by atoms with E-state index in [2.05, 4.69) is 34.8 Å². The molecule has 1 saturated carbocycles. The van der Waals surface area contributed by atoms with Crippen LogP contribution in [0.4, 0.5) is 0 Å². The van der Waals surface area contributed by atoms with Crippen LogP contribution in [0.2, 0.25) is 5.02 Å². The number of hydrogen-bond acceptors (Lipinski definition) is 3. The highest BCUT2D eigenvalue weighted by Gasteiger charge is 2.60. The van der Waals surface area contributed by atoms with E-state index in [1.54, 1.807) is 31.5 Å². The van der Waals surface area contributed by atoms with Crippen molar-refractivity contribution >= 4 is 23.7 Å². The Balaban J connectivity index is 1.54. The first kappa shape index (κ1) is 19.2. The third kappa shape index (κ3) is 3.76. The summed E-state index contributed by atoms with van der Waals surface area (Å²) in [6, 6.07) is 25.6. The third-order valence-electron chi connectivity index (χ3n) is 5.43. The lowest BCUT2D eigenvalue weighted by atomic mass is 9.85. The summed E-state index contributed by atoms with van der Waals surface area (Å²) in [5.74, 6) is 0.363. The molecule has 1 unspecified atom stereocenters. The second-order valence-corrected chi connectivity index (χ2v) is 7.52. The fraction of sp³-hybridized carbons (Fsp3) is 0.167. The average Bonchev–Trinajstić information content (AvgIpc) is 3.52. The van der Waals surface area contributed by atoms with Crippen molar-refractivity contribution in [1.82, 2.24) is 5.43 Å². The van der Waals surface area contributed by atoms with Gasteiger partial charge in [-0.3, -0.25) is 4.79 Å². The van der Waals surface area contributed by atoms with Crippen LogP contribution in [0, 0.1) is 5.92 Å². The number of rotatable bonds is 6. The molecule has 1 atom stereocenters. The quantitative estimate of drug-likeness (QED) is 0.473. The Kier molecular flexibility index (Phi) is 5.36. The molecule has 0 aromatic heterocycles. The summed E-state index contributed by atoms with van der Waals surface area (Å²) in [4.78, 5) is 12.9. The molecule has 4 rings (SSSR count). The minimum absolute atomic E-state index is 0.102. The smallest absolute Gasteiger partial charge is 0.244 e. The molecule has 0 spiro atoms. The Morgan fingerprint density at radius 1 is 1.07 bits per heavy atom. The van der Waals surface area contributed by atoms with Crippen LogP contribution < -0.4 is 10.2 Å². The van der Waals surface area contributed by atoms with Crippen molar-refractivity contribution in [3.63, 3.8) is 0 Å². The lowest BCUT2D eigenvalue weighted by Gasteiger charge is -2.18. The van der Waals surface area contributed by atoms with E-state index >= 15 is 0 Å². The SMILES string of the molecule is COc1ccc(Cl)cc1C=NNC(=O)C1CC1(c1ccccc1)c1ccccc1. The second kappa shape index (κ2) is 8.10. The van der Waals surface area contributed by atoms with E-state index in [0.717, 1.165) is 17.5 Å². The van der Waals surface area contributed by atoms with Gasteiger partial charge in [-0.25, -0.2) is 5.43 Å². The third-order valence-corrected chi connectivity index (χ3v) is 5.66. The van der Waals surface area contributed by atoms with Crippen LogP contribution in [-0.4, -0.2) is 19.2 Å². The molecule has 1 amide bonds. The zero-order valence-corrected chi connectivity index (χ0v) is 16.8. The largest absolute Gasteiger partial charge is 0.496 e. The minimum atomic E-state index is -0.310. The van der Waals surface area contributed by atoms with Crippen molar-refractivity contribution in [2.45, 2.75) is 11.8 Å². The van der Waals surface area contributed by atoms with Crippen molar-refractivity contribution in [2.24, 2.45) is 11.0 Å². The molecule has 5 heteroatoms. The van der Waals surface area contributed by atoms with Gasteiger partial charge in [-0.1, -0.05) is 72.3 Å². The zero-order valence-electron chi connectivity index (χ0n) is 16.0. The number of carbonyl (C=O) groups is 1. The summed E-state index contributed by atoms with van der Waals surface area (Å²) in [6.07, 6.45) is 2.31. The van der Waals surface area contributed by atoms with Gasteiger partial charge in [0, 0.05) is 16.0 Å². The molecule has 146 valence electrons. The number of methoxy groups -OCH3 is 1. The van der Waals surface area contributed by atoms with E-state index in [1.807, 2.05) is 36.4 Å². The van der Waals surface area contributed by atoms with Gasteiger partial charge in [0.25, 0.3) is 0 Å². The number of nitrogens with zero attached hydrogens (tertiary/aromatic N) is 1. The number of hydrogen-bond donors (Lipinski definition) is 1. The van der Waals surface area contributed by atoms with Crippen LogP contribution in [-0.2, 0) is 10.2 Å². The predicted molar refractivity (Wildman–Crippen MR) is 116 cm³/mol. The van der Waals surface area contributed by atoms with E-state index in [1.165, 1.54) is 0 Å². The number of ether oxygens (including phenoxy) is 1. The van der Waals surface area contributed by atoms with E-state index in [9.17, 15) is 4.79 Å². The fourth-order valence-electron chi connectivity index (χ4n) is 3.90. The van der Waals surface area contributed by atoms with Gasteiger partial charge in [-0.15, -0.1) is 0 Å². The van der Waals surface area contributed by atoms with Crippen molar-refractivity contribution in [3.8, 4) is 5.75 Å². The molecule has 1 aliphatic rings. The first-order valence-electron chi connectivity index (χ1n) is 9.42. The molecule has 0 saturated heterocycles. The van der Waals surface area contributed by atoms with Gasteiger partial charge in [0.1, 0.15) is 5.75 Å². The minimum Gasteiger partial charge on any atom is -0.496 e. The van der Waals surface area contributed by atoms with Gasteiger partial charge in [0.2, 0.25) is 5.91 Å². The lowest BCUT2D eigenvalue weighted by molar-refractivity contribution is -0.122. The van der Waals surface area contributed by atoms with E-state index in [-0.39, 0.29) is 17.2 Å². The molecule has 0 bridgehead atoms. The summed E-state index contributed by atoms with van der Waals surface area (Å²) in [6.45, 7) is 0. The van der Waals surface area contributed by atoms with Crippen LogP contribution in [0.25, 0.3) is 0 Å². The molecule has 1 aliphatic carbocycles. The Morgan fingerprint density at radius 3 is 2.28 bits per heavy atom. The monoisotopic (exact) mass is 404 g/mol. The van der Waals surface area contributed by atoms with E-state index in [4.69, 9.17) is 16.3 Å². The Labute approximate surface area is 175 Å². The number of benzene rings is 3. The Bertz CT molecular complexity index is 996. The summed E-state index contributed by atoms with van der Waals surface area (Å²) in [5, 5.41) is 4.72. The second-order valence-electron chi connectivity index (χ2n) is 7.08. The topological polar surface area (TPSA) is 50.7 Å². The maximum absolute atomic E-state index is 12.9. The van der Waals surface area contributed by atoms with Crippen molar-refractivity contribution in [2.75, 3.05) is 7.11 Å². The molecular weight excluding hydrogens is 384 g/mol. The molecule has 0 aliphatic heterocycles. The van der Waals surface area contributed by atoms with Crippen molar-refractivity contribution in [3.05, 3.63) is 101 Å². The Morgan fingerprint density at radius 2 is 1.69 bits per heavy atom. The highest BCUT2D eigenvalue weighted by atomic mass is 35.5. The number of carbonyl (C=O) groups excluding carboxylic acids is 1. The average molecular weight is 405 g/mol. The fourth-order valence-corrected chi connectivity index (χ4v) is 4.09. The normalized spacial score (nSPS) is 17.1. The van der Waals surface area contributed by atoms with Crippen LogP contribution in [0.1, 0.15) is 23.1 Å². The van der Waals surface area contributed by atoms with E-state index < -0.39 is 0 Å². The van der Waals surface area contributed by atoms with Crippen molar-refractivity contribution in [1.29, 1.82) is 0 Å². The maximum Gasteiger partial charge on any atom is 0.244 e. The number of halogens is 1. The van der Waals surface area contributed by atoms with Gasteiger partial charge in [-0.05, 0) is 35.7 Å². The summed E-state index contributed by atoms with van der Waals surface area (Å²) in [7, 11) is 1.58. The van der Waals surface area contributed by atoms with Crippen molar-refractivity contribution < 1.29 is 9.53 Å². The zero-order chi connectivity index (χ0) is 20.3. The van der Waals surface area contributed by atoms with Gasteiger partial charge >= 0.3 is 0 Å². The number of amides is 1. The Hall–Kier alpha value is -3.11. The van der Waals surface area contributed by atoms with Crippen LogP contribution in [0.3, 0.4) is 0 Å². The molecule has 3 aromatic carbocycles. The highest BCUT2D eigenvalue weighted by molar-refractivity contribution is 6.30. The molecule has 1 fully saturated rings. The summed E-state index contributed by atoms with van der Waals surface area (Å²) < 4.78 is 5.30. The molecule has 0 heterocycles. The maximum atomic E-state index is 12.9. The van der Waals surface area contributed by atoms with Crippen LogP contribution in [0.5, 0.6) is 5.75 Å². The molecule has 3 aromatic rings. The molecular formula is C24H21ClN2O2. The van der Waals surface area contributed by atoms with Gasteiger partial charge < -0.3 is 4.74 Å². The lowest BCUT2D eigenvalue weighted by Crippen LogP contribution is -2.25. The van der Waals surface area contributed by atoms with Crippen LogP contribution in [0.15, 0.2) is 84.0 Å². The van der Waals surface area contributed by atoms with Gasteiger partial charge in [0.05, 0.1) is 19.2 Å². The molecule has 1 N–H and O–H groups in total. The van der Waals surface area contributed by atoms with Crippen LogP contribution >= 0.6 is 11.6 Å². The summed E-state index contributed by atoms with van der Waals surface area (Å²) in [5.41, 5.74) is 5.37. The molecule has 4 nitrogen and oxygen atoms in total. The predicted octanol–water partition coefficient (Wildman–Crippen LogP) is 4.80. The molecule has 0 radical (unpaired) electrons. The molecule has 29 heavy (non-hydrogen) atoms. The van der Waals surface area contributed by atoms with Gasteiger partial charge in [-0.2, -0.15) is 5.10 Å².